The van der Waals surface area contributed by atoms with Crippen molar-refractivity contribution < 1.29 is 22.8 Å². The number of nitrogens with zero attached hydrogens (tertiary/aromatic N) is 1. The Kier molecular flexibility index (Phi) is 2.55. The maximum absolute atomic E-state index is 12.9. The number of carbonyl (C=O) groups excluding carboxylic acids is 2. The lowest BCUT2D eigenvalue weighted by molar-refractivity contribution is -0.137. The molecule has 0 atom stereocenters. The second kappa shape index (κ2) is 4.28. The zero-order chi connectivity index (χ0) is 16.4. The Morgan fingerprint density at radius 2 is 1.78 bits per heavy atom. The van der Waals surface area contributed by atoms with Crippen LogP contribution >= 0.6 is 0 Å². The van der Waals surface area contributed by atoms with Crippen LogP contribution in [-0.4, -0.2) is 21.5 Å². The van der Waals surface area contributed by atoms with Gasteiger partial charge in [0.05, 0.1) is 22.4 Å². The monoisotopic (exact) mass is 316 g/mol. The molecule has 2 heterocycles. The zero-order valence-electron chi connectivity index (χ0n) is 11.4. The van der Waals surface area contributed by atoms with Crippen molar-refractivity contribution in [1.29, 1.82) is 0 Å². The molecule has 0 spiro atoms. The fourth-order valence-electron chi connectivity index (χ4n) is 2.82. The smallest absolute Gasteiger partial charge is 0.351 e. The lowest BCUT2D eigenvalue weighted by Gasteiger charge is -2.13. The van der Waals surface area contributed by atoms with Gasteiger partial charge in [-0.15, -0.1) is 0 Å². The number of ketones is 2. The van der Waals surface area contributed by atoms with Crippen molar-refractivity contribution >= 4 is 22.5 Å². The van der Waals surface area contributed by atoms with Gasteiger partial charge in [0.2, 0.25) is 5.78 Å². The second-order valence-corrected chi connectivity index (χ2v) is 5.21. The van der Waals surface area contributed by atoms with Crippen molar-refractivity contribution in [2.45, 2.75) is 6.18 Å². The molecule has 0 bridgehead atoms. The van der Waals surface area contributed by atoms with E-state index in [0.29, 0.717) is 5.52 Å². The highest BCUT2D eigenvalue weighted by Crippen LogP contribution is 2.36. The van der Waals surface area contributed by atoms with Crippen LogP contribution in [0.5, 0.6) is 0 Å². The summed E-state index contributed by atoms with van der Waals surface area (Å²) in [6.07, 6.45) is -1.89. The van der Waals surface area contributed by atoms with Crippen molar-refractivity contribution in [2.75, 3.05) is 0 Å². The van der Waals surface area contributed by atoms with Gasteiger partial charge in [0.1, 0.15) is 0 Å². The number of halogens is 3. The normalized spacial score (nSPS) is 14.0. The molecular formula is C16H7F3N2O2. The van der Waals surface area contributed by atoms with Crippen LogP contribution in [-0.2, 0) is 6.18 Å². The summed E-state index contributed by atoms with van der Waals surface area (Å²) in [7, 11) is 0. The number of aromatic amines is 1. The summed E-state index contributed by atoms with van der Waals surface area (Å²) in [5.74, 6) is -0.935. The summed E-state index contributed by atoms with van der Waals surface area (Å²) < 4.78 is 38.7. The minimum atomic E-state index is -4.53. The van der Waals surface area contributed by atoms with Gasteiger partial charge in [-0.1, -0.05) is 0 Å². The number of hydrogen-bond donors (Lipinski definition) is 1. The number of hydrogen-bond acceptors (Lipinski definition) is 3. The predicted molar refractivity (Wildman–Crippen MR) is 74.4 cm³/mol. The van der Waals surface area contributed by atoms with Gasteiger partial charge in [-0.05, 0) is 24.3 Å². The van der Waals surface area contributed by atoms with Gasteiger partial charge in [-0.25, -0.2) is 0 Å². The van der Waals surface area contributed by atoms with Crippen LogP contribution in [0, 0.1) is 0 Å². The van der Waals surface area contributed by atoms with Crippen molar-refractivity contribution in [1.82, 2.24) is 9.97 Å². The minimum Gasteiger partial charge on any atom is -0.351 e. The van der Waals surface area contributed by atoms with Crippen LogP contribution in [0.3, 0.4) is 0 Å². The van der Waals surface area contributed by atoms with Crippen LogP contribution in [0.15, 0.2) is 36.7 Å². The van der Waals surface area contributed by atoms with Crippen LogP contribution in [0.2, 0.25) is 0 Å². The van der Waals surface area contributed by atoms with Crippen molar-refractivity contribution in [3.05, 3.63) is 64.6 Å². The molecule has 0 amide bonds. The third-order valence-corrected chi connectivity index (χ3v) is 3.89. The SMILES string of the molecule is O=C1c2ccncc2C(=O)c2c1[nH]c1ccc(C(F)(F)F)cc21. The Bertz CT molecular complexity index is 1000. The standard InChI is InChI=1S/C16H7F3N2O2/c17-16(18,19)7-1-2-11-9(5-7)12-13(21-11)15(23)8-3-4-20-6-10(8)14(12)22/h1-6,21H. The molecule has 4 rings (SSSR count). The first-order valence-electron chi connectivity index (χ1n) is 6.64. The van der Waals surface area contributed by atoms with Gasteiger partial charge < -0.3 is 4.98 Å². The summed E-state index contributed by atoms with van der Waals surface area (Å²) in [5, 5.41) is 0.0858. The molecule has 1 N–H and O–H groups in total. The van der Waals surface area contributed by atoms with E-state index in [0.717, 1.165) is 12.1 Å². The molecule has 1 aliphatic rings. The van der Waals surface area contributed by atoms with Gasteiger partial charge in [-0.3, -0.25) is 14.6 Å². The highest BCUT2D eigenvalue weighted by Gasteiger charge is 2.35. The Morgan fingerprint density at radius 3 is 2.52 bits per heavy atom. The van der Waals surface area contributed by atoms with E-state index >= 15 is 0 Å². The maximum Gasteiger partial charge on any atom is 0.416 e. The highest BCUT2D eigenvalue weighted by atomic mass is 19.4. The van der Waals surface area contributed by atoms with E-state index in [-0.39, 0.29) is 27.8 Å². The van der Waals surface area contributed by atoms with Gasteiger partial charge >= 0.3 is 6.18 Å². The van der Waals surface area contributed by atoms with Gasteiger partial charge in [-0.2, -0.15) is 13.2 Å². The van der Waals surface area contributed by atoms with E-state index in [4.69, 9.17) is 0 Å². The maximum atomic E-state index is 12.9. The number of alkyl halides is 3. The lowest BCUT2D eigenvalue weighted by Crippen LogP contribution is -2.20. The molecular weight excluding hydrogens is 309 g/mol. The minimum absolute atomic E-state index is 0.0167. The molecule has 1 aromatic carbocycles. The quantitative estimate of drug-likeness (QED) is 0.541. The zero-order valence-corrected chi connectivity index (χ0v) is 11.4. The Morgan fingerprint density at radius 1 is 1.00 bits per heavy atom. The largest absolute Gasteiger partial charge is 0.416 e. The first-order valence-corrected chi connectivity index (χ1v) is 6.64. The fourth-order valence-corrected chi connectivity index (χ4v) is 2.82. The highest BCUT2D eigenvalue weighted by molar-refractivity contribution is 6.31. The van der Waals surface area contributed by atoms with Gasteiger partial charge in [0.25, 0.3) is 0 Å². The number of fused-ring (bicyclic) bond motifs is 4. The molecule has 1 aliphatic carbocycles. The number of nitrogens with one attached hydrogen (secondary N) is 1. The van der Waals surface area contributed by atoms with Crippen molar-refractivity contribution in [3.63, 3.8) is 0 Å². The Labute approximate surface area is 127 Å². The summed E-state index contributed by atoms with van der Waals surface area (Å²) in [5.41, 5.74) is -0.280. The molecule has 0 saturated carbocycles. The molecule has 23 heavy (non-hydrogen) atoms. The first-order chi connectivity index (χ1) is 10.9. The number of rotatable bonds is 0. The van der Waals surface area contributed by atoms with E-state index < -0.39 is 23.3 Å². The summed E-state index contributed by atoms with van der Waals surface area (Å²) in [6, 6.07) is 4.44. The number of pyridine rings is 1. The van der Waals surface area contributed by atoms with E-state index in [2.05, 4.69) is 9.97 Å². The first kappa shape index (κ1) is 13.7. The molecule has 114 valence electrons. The molecule has 0 aliphatic heterocycles. The van der Waals surface area contributed by atoms with E-state index in [1.165, 1.54) is 24.5 Å². The molecule has 4 nitrogen and oxygen atoms in total. The van der Waals surface area contributed by atoms with E-state index in [1.807, 2.05) is 0 Å². The molecule has 0 radical (unpaired) electrons. The average Bonchev–Trinajstić information content (AvgIpc) is 2.91. The summed E-state index contributed by atoms with van der Waals surface area (Å²) in [4.78, 5) is 31.6. The van der Waals surface area contributed by atoms with Crippen LogP contribution in [0.4, 0.5) is 13.2 Å². The molecule has 3 aromatic rings. The number of aromatic nitrogens is 2. The van der Waals surface area contributed by atoms with Crippen LogP contribution < -0.4 is 0 Å². The Balaban J connectivity index is 2.04. The molecule has 0 fully saturated rings. The second-order valence-electron chi connectivity index (χ2n) is 5.21. The Hall–Kier alpha value is -2.96. The van der Waals surface area contributed by atoms with Crippen LogP contribution in [0.25, 0.3) is 10.9 Å². The van der Waals surface area contributed by atoms with E-state index in [1.54, 1.807) is 0 Å². The third-order valence-electron chi connectivity index (χ3n) is 3.89. The number of benzene rings is 1. The number of carbonyl (C=O) groups is 2. The molecule has 7 heteroatoms. The van der Waals surface area contributed by atoms with E-state index in [9.17, 15) is 22.8 Å². The summed E-state index contributed by atoms with van der Waals surface area (Å²) in [6.45, 7) is 0. The van der Waals surface area contributed by atoms with Crippen molar-refractivity contribution in [3.8, 4) is 0 Å². The van der Waals surface area contributed by atoms with Crippen molar-refractivity contribution in [2.24, 2.45) is 0 Å². The van der Waals surface area contributed by atoms with Crippen LogP contribution in [0.1, 0.15) is 37.5 Å². The third kappa shape index (κ3) is 1.82. The molecule has 2 aromatic heterocycles. The average molecular weight is 316 g/mol. The lowest BCUT2D eigenvalue weighted by atomic mass is 9.88. The number of H-pyrrole nitrogens is 1. The van der Waals surface area contributed by atoms with Gasteiger partial charge in [0, 0.05) is 28.9 Å². The predicted octanol–water partition coefficient (Wildman–Crippen LogP) is 3.36. The molecule has 0 saturated heterocycles. The summed E-state index contributed by atoms with van der Waals surface area (Å²) >= 11 is 0. The fraction of sp³-hybridized carbons (Fsp3) is 0.0625. The van der Waals surface area contributed by atoms with Gasteiger partial charge in [0.15, 0.2) is 5.78 Å². The molecule has 0 unspecified atom stereocenters. The topological polar surface area (TPSA) is 62.8 Å².